The lowest BCUT2D eigenvalue weighted by Crippen LogP contribution is -2.29. The molecule has 7 nitrogen and oxygen atoms in total. The summed E-state index contributed by atoms with van der Waals surface area (Å²) in [5, 5.41) is 11.5. The number of carbonyl (C=O) groups excluding carboxylic acids is 1. The molecule has 2 aliphatic heterocycles. The third-order valence-corrected chi connectivity index (χ3v) is 5.86. The van der Waals surface area contributed by atoms with Crippen molar-refractivity contribution >= 4 is 17.3 Å². The van der Waals surface area contributed by atoms with Crippen LogP contribution >= 0.6 is 0 Å². The van der Waals surface area contributed by atoms with Crippen molar-refractivity contribution in [2.45, 2.75) is 31.7 Å². The van der Waals surface area contributed by atoms with Gasteiger partial charge in [-0.1, -0.05) is 12.1 Å². The molecule has 1 unspecified atom stereocenters. The number of nitro groups is 1. The Labute approximate surface area is 170 Å². The van der Waals surface area contributed by atoms with E-state index in [9.17, 15) is 14.9 Å². The first kappa shape index (κ1) is 19.2. The number of ether oxygens (including phenoxy) is 1. The number of anilines is 1. The van der Waals surface area contributed by atoms with Gasteiger partial charge in [0.15, 0.2) is 0 Å². The van der Waals surface area contributed by atoms with Crippen molar-refractivity contribution in [1.82, 2.24) is 4.90 Å². The summed E-state index contributed by atoms with van der Waals surface area (Å²) in [7, 11) is 1.65. The van der Waals surface area contributed by atoms with Crippen molar-refractivity contribution in [3.8, 4) is 5.75 Å². The van der Waals surface area contributed by atoms with Gasteiger partial charge in [0.1, 0.15) is 11.3 Å². The number of nitro benzene ring substituents is 1. The van der Waals surface area contributed by atoms with Gasteiger partial charge in [-0.15, -0.1) is 0 Å². The van der Waals surface area contributed by atoms with Gasteiger partial charge < -0.3 is 14.5 Å². The molecule has 4 rings (SSSR count). The Kier molecular flexibility index (Phi) is 5.38. The molecule has 0 radical (unpaired) electrons. The van der Waals surface area contributed by atoms with E-state index in [1.807, 2.05) is 18.2 Å². The van der Waals surface area contributed by atoms with E-state index in [1.54, 1.807) is 24.1 Å². The molecule has 2 fully saturated rings. The molecule has 0 bridgehead atoms. The number of carbonyl (C=O) groups is 1. The standard InChI is InChI=1S/C22H25N3O4/c1-29-18-7-4-6-16(14-18)20-8-5-13-24(20)17-9-10-21(25(27)28)19(15-17)22(26)23-11-2-3-12-23/h4,6-7,9-10,14-15,20H,2-3,5,8,11-13H2,1H3. The molecule has 0 aromatic heterocycles. The van der Waals surface area contributed by atoms with E-state index in [-0.39, 0.29) is 23.2 Å². The highest BCUT2D eigenvalue weighted by atomic mass is 16.6. The molecule has 2 aromatic rings. The van der Waals surface area contributed by atoms with Crippen LogP contribution in [-0.2, 0) is 0 Å². The quantitative estimate of drug-likeness (QED) is 0.561. The van der Waals surface area contributed by atoms with Crippen molar-refractivity contribution in [2.75, 3.05) is 31.6 Å². The molecule has 152 valence electrons. The summed E-state index contributed by atoms with van der Waals surface area (Å²) in [6.07, 6.45) is 3.90. The topological polar surface area (TPSA) is 75.9 Å². The molecule has 1 amide bonds. The van der Waals surface area contributed by atoms with Crippen molar-refractivity contribution in [2.24, 2.45) is 0 Å². The smallest absolute Gasteiger partial charge is 0.282 e. The van der Waals surface area contributed by atoms with Crippen LogP contribution in [0.3, 0.4) is 0 Å². The van der Waals surface area contributed by atoms with E-state index in [4.69, 9.17) is 4.74 Å². The average Bonchev–Trinajstić information content (AvgIpc) is 3.45. The monoisotopic (exact) mass is 395 g/mol. The van der Waals surface area contributed by atoms with Crippen LogP contribution in [0.1, 0.15) is 47.6 Å². The first-order valence-corrected chi connectivity index (χ1v) is 10.1. The summed E-state index contributed by atoms with van der Waals surface area (Å²) < 4.78 is 5.36. The maximum atomic E-state index is 13.0. The third kappa shape index (κ3) is 3.77. The Balaban J connectivity index is 1.69. The van der Waals surface area contributed by atoms with Gasteiger partial charge in [-0.05, 0) is 55.5 Å². The Bertz CT molecular complexity index is 924. The fourth-order valence-corrected chi connectivity index (χ4v) is 4.39. The minimum absolute atomic E-state index is 0.122. The minimum Gasteiger partial charge on any atom is -0.497 e. The fourth-order valence-electron chi connectivity index (χ4n) is 4.39. The number of hydrogen-bond acceptors (Lipinski definition) is 5. The van der Waals surface area contributed by atoms with E-state index in [0.717, 1.165) is 49.2 Å². The number of likely N-dealkylation sites (tertiary alicyclic amines) is 1. The van der Waals surface area contributed by atoms with E-state index in [1.165, 1.54) is 6.07 Å². The van der Waals surface area contributed by atoms with Gasteiger partial charge in [0.05, 0.1) is 18.1 Å². The molecule has 2 aliphatic rings. The van der Waals surface area contributed by atoms with Crippen LogP contribution in [0.5, 0.6) is 5.75 Å². The van der Waals surface area contributed by atoms with Crippen LogP contribution < -0.4 is 9.64 Å². The van der Waals surface area contributed by atoms with Gasteiger partial charge in [0.25, 0.3) is 11.6 Å². The van der Waals surface area contributed by atoms with E-state index < -0.39 is 4.92 Å². The van der Waals surface area contributed by atoms with Crippen LogP contribution in [0.25, 0.3) is 0 Å². The summed E-state index contributed by atoms with van der Waals surface area (Å²) >= 11 is 0. The Morgan fingerprint density at radius 2 is 1.90 bits per heavy atom. The number of nitrogens with zero attached hydrogens (tertiary/aromatic N) is 3. The van der Waals surface area contributed by atoms with Crippen LogP contribution in [-0.4, -0.2) is 42.5 Å². The number of benzene rings is 2. The highest BCUT2D eigenvalue weighted by Crippen LogP contribution is 2.38. The summed E-state index contributed by atoms with van der Waals surface area (Å²) in [5.41, 5.74) is 2.06. The molecular formula is C22H25N3O4. The SMILES string of the molecule is COc1cccc(C2CCCN2c2ccc([N+](=O)[O-])c(C(=O)N3CCCC3)c2)c1. The molecule has 7 heteroatoms. The number of hydrogen-bond donors (Lipinski definition) is 0. The molecule has 2 saturated heterocycles. The van der Waals surface area contributed by atoms with E-state index >= 15 is 0 Å². The largest absolute Gasteiger partial charge is 0.497 e. The zero-order valence-corrected chi connectivity index (χ0v) is 16.5. The second-order valence-corrected chi connectivity index (χ2v) is 7.59. The Hall–Kier alpha value is -3.09. The first-order valence-electron chi connectivity index (χ1n) is 10.1. The van der Waals surface area contributed by atoms with Gasteiger partial charge in [-0.25, -0.2) is 0 Å². The van der Waals surface area contributed by atoms with Crippen molar-refractivity contribution in [3.05, 3.63) is 63.7 Å². The summed E-state index contributed by atoms with van der Waals surface area (Å²) in [6, 6.07) is 13.1. The minimum atomic E-state index is -0.462. The van der Waals surface area contributed by atoms with Crippen LogP contribution in [0.15, 0.2) is 42.5 Å². The number of rotatable bonds is 5. The van der Waals surface area contributed by atoms with Crippen molar-refractivity contribution in [1.29, 1.82) is 0 Å². The summed E-state index contributed by atoms with van der Waals surface area (Å²) in [4.78, 5) is 28.0. The number of amides is 1. The Morgan fingerprint density at radius 3 is 2.62 bits per heavy atom. The molecule has 0 aliphatic carbocycles. The van der Waals surface area contributed by atoms with Gasteiger partial charge in [-0.3, -0.25) is 14.9 Å². The normalized spacial score (nSPS) is 18.9. The lowest BCUT2D eigenvalue weighted by Gasteiger charge is -2.28. The summed E-state index contributed by atoms with van der Waals surface area (Å²) in [5.74, 6) is 0.566. The second-order valence-electron chi connectivity index (χ2n) is 7.59. The molecule has 2 heterocycles. The zero-order chi connectivity index (χ0) is 20.4. The van der Waals surface area contributed by atoms with Crippen LogP contribution in [0, 0.1) is 10.1 Å². The van der Waals surface area contributed by atoms with Crippen molar-refractivity contribution in [3.63, 3.8) is 0 Å². The van der Waals surface area contributed by atoms with E-state index in [2.05, 4.69) is 11.0 Å². The van der Waals surface area contributed by atoms with Crippen molar-refractivity contribution < 1.29 is 14.5 Å². The predicted octanol–water partition coefficient (Wildman–Crippen LogP) is 4.18. The second kappa shape index (κ2) is 8.11. The lowest BCUT2D eigenvalue weighted by molar-refractivity contribution is -0.385. The third-order valence-electron chi connectivity index (χ3n) is 5.86. The maximum Gasteiger partial charge on any atom is 0.282 e. The molecule has 0 N–H and O–H groups in total. The molecule has 0 spiro atoms. The zero-order valence-electron chi connectivity index (χ0n) is 16.5. The van der Waals surface area contributed by atoms with Gasteiger partial charge in [0.2, 0.25) is 0 Å². The Morgan fingerprint density at radius 1 is 1.10 bits per heavy atom. The first-order chi connectivity index (χ1) is 14.1. The molecule has 2 aromatic carbocycles. The van der Waals surface area contributed by atoms with Crippen LogP contribution in [0.2, 0.25) is 0 Å². The lowest BCUT2D eigenvalue weighted by atomic mass is 10.0. The highest BCUT2D eigenvalue weighted by molar-refractivity contribution is 5.99. The summed E-state index contributed by atoms with van der Waals surface area (Å²) in [6.45, 7) is 2.17. The average molecular weight is 395 g/mol. The molecule has 29 heavy (non-hydrogen) atoms. The maximum absolute atomic E-state index is 13.0. The highest BCUT2D eigenvalue weighted by Gasteiger charge is 2.31. The van der Waals surface area contributed by atoms with Gasteiger partial charge >= 0.3 is 0 Å². The predicted molar refractivity (Wildman–Crippen MR) is 111 cm³/mol. The molecular weight excluding hydrogens is 370 g/mol. The molecule has 1 atom stereocenters. The number of methoxy groups -OCH3 is 1. The van der Waals surface area contributed by atoms with Crippen LogP contribution in [0.4, 0.5) is 11.4 Å². The van der Waals surface area contributed by atoms with E-state index in [0.29, 0.717) is 13.1 Å². The molecule has 0 saturated carbocycles. The van der Waals surface area contributed by atoms with Gasteiger partial charge in [-0.2, -0.15) is 0 Å². The fraction of sp³-hybridized carbons (Fsp3) is 0.409. The van der Waals surface area contributed by atoms with Gasteiger partial charge in [0, 0.05) is 31.4 Å².